The lowest BCUT2D eigenvalue weighted by atomic mass is 10.2. The van der Waals surface area contributed by atoms with Crippen LogP contribution in [0.4, 0.5) is 0 Å². The van der Waals surface area contributed by atoms with Crippen molar-refractivity contribution in [1.29, 1.82) is 0 Å². The Morgan fingerprint density at radius 3 is 2.54 bits per heavy atom. The number of carbonyl (C=O) groups is 1. The summed E-state index contributed by atoms with van der Waals surface area (Å²) in [6.07, 6.45) is 2.38. The van der Waals surface area contributed by atoms with E-state index in [-0.39, 0.29) is 0 Å². The van der Waals surface area contributed by atoms with E-state index in [1.807, 2.05) is 13.8 Å². The van der Waals surface area contributed by atoms with Crippen molar-refractivity contribution < 1.29 is 4.79 Å². The summed E-state index contributed by atoms with van der Waals surface area (Å²) >= 11 is 0. The molecule has 0 aliphatic heterocycles. The van der Waals surface area contributed by atoms with Crippen LogP contribution in [0.25, 0.3) is 0 Å². The number of nitrogens with one attached hydrogen (secondary N) is 1. The van der Waals surface area contributed by atoms with Gasteiger partial charge in [-0.3, -0.25) is 9.79 Å². The number of amides is 1. The van der Waals surface area contributed by atoms with Gasteiger partial charge in [-0.1, -0.05) is 5.73 Å². The van der Waals surface area contributed by atoms with Gasteiger partial charge in [-0.15, -0.1) is 0 Å². The summed E-state index contributed by atoms with van der Waals surface area (Å²) in [6.45, 7) is 8.94. The van der Waals surface area contributed by atoms with Crippen molar-refractivity contribution in [3.63, 3.8) is 0 Å². The zero-order valence-electron chi connectivity index (χ0n) is 8.22. The molecular formula is C10H14N2O. The van der Waals surface area contributed by atoms with Gasteiger partial charge in [-0.2, -0.15) is 0 Å². The Bertz CT molecular complexity index is 294. The lowest BCUT2D eigenvalue weighted by molar-refractivity contribution is -0.108. The normalized spacial score (nSPS) is 10.7. The van der Waals surface area contributed by atoms with Crippen LogP contribution in [0.1, 0.15) is 20.8 Å². The van der Waals surface area contributed by atoms with Crippen LogP contribution < -0.4 is 5.32 Å². The van der Waals surface area contributed by atoms with Crippen LogP contribution in [0.15, 0.2) is 33.8 Å². The van der Waals surface area contributed by atoms with Gasteiger partial charge in [0.25, 0.3) is 0 Å². The highest BCUT2D eigenvalue weighted by Gasteiger charge is 1.87. The molecule has 0 fully saturated rings. The number of hydrogen-bond acceptors (Lipinski definition) is 2. The van der Waals surface area contributed by atoms with E-state index in [1.165, 1.54) is 0 Å². The Morgan fingerprint density at radius 1 is 1.46 bits per heavy atom. The third-order valence-electron chi connectivity index (χ3n) is 1.59. The summed E-state index contributed by atoms with van der Waals surface area (Å²) in [6, 6.07) is 0. The molecule has 1 N–H and O–H groups in total. The molecule has 0 saturated carbocycles. The lowest BCUT2D eigenvalue weighted by Gasteiger charge is -1.94. The monoisotopic (exact) mass is 178 g/mol. The Hall–Kier alpha value is -1.60. The highest BCUT2D eigenvalue weighted by molar-refractivity contribution is 5.49. The van der Waals surface area contributed by atoms with E-state index >= 15 is 0 Å². The molecule has 1 amide bonds. The molecule has 0 saturated heterocycles. The second kappa shape index (κ2) is 5.98. The molecule has 0 aliphatic carbocycles. The van der Waals surface area contributed by atoms with E-state index in [2.05, 4.69) is 22.8 Å². The number of carbonyl (C=O) groups excluding carboxylic acids is 1. The molecule has 70 valence electrons. The molecule has 0 heterocycles. The zero-order valence-corrected chi connectivity index (χ0v) is 8.22. The van der Waals surface area contributed by atoms with Gasteiger partial charge in [0, 0.05) is 5.70 Å². The van der Waals surface area contributed by atoms with Gasteiger partial charge in [0.15, 0.2) is 0 Å². The summed E-state index contributed by atoms with van der Waals surface area (Å²) in [5.41, 5.74) is 5.40. The van der Waals surface area contributed by atoms with E-state index < -0.39 is 0 Å². The van der Waals surface area contributed by atoms with Crippen LogP contribution in [-0.2, 0) is 4.79 Å². The molecular weight excluding hydrogens is 164 g/mol. The Morgan fingerprint density at radius 2 is 2.08 bits per heavy atom. The predicted molar refractivity (Wildman–Crippen MR) is 54.4 cm³/mol. The molecule has 0 aromatic heterocycles. The second-order valence-corrected chi connectivity index (χ2v) is 2.60. The molecule has 0 aliphatic rings. The minimum absolute atomic E-state index is 0.619. The fraction of sp³-hybridized carbons (Fsp3) is 0.300. The summed E-state index contributed by atoms with van der Waals surface area (Å²) in [5.74, 6) is 0. The molecule has 0 aromatic carbocycles. The molecule has 13 heavy (non-hydrogen) atoms. The number of allylic oxidation sites excluding steroid dienone is 3. The van der Waals surface area contributed by atoms with E-state index in [1.54, 1.807) is 13.0 Å². The number of aliphatic imine (C=N–C) groups is 1. The molecule has 0 radical (unpaired) electrons. The van der Waals surface area contributed by atoms with Gasteiger partial charge in [0.05, 0.1) is 5.70 Å². The quantitative estimate of drug-likeness (QED) is 0.303. The SMILES string of the molecule is C=N/C(C)=C(\C)C=C=C(C)NC=O. The highest BCUT2D eigenvalue weighted by atomic mass is 16.1. The number of nitrogens with zero attached hydrogens (tertiary/aromatic N) is 1. The Kier molecular flexibility index (Phi) is 5.24. The third kappa shape index (κ3) is 4.77. The molecule has 3 nitrogen and oxygen atoms in total. The summed E-state index contributed by atoms with van der Waals surface area (Å²) in [7, 11) is 0. The van der Waals surface area contributed by atoms with Crippen molar-refractivity contribution in [3.05, 3.63) is 28.8 Å². The zero-order chi connectivity index (χ0) is 10.3. The predicted octanol–water partition coefficient (Wildman–Crippen LogP) is 1.79. The van der Waals surface area contributed by atoms with Crippen LogP contribution in [0.5, 0.6) is 0 Å². The fourth-order valence-electron chi connectivity index (χ4n) is 0.576. The maximum absolute atomic E-state index is 10.0. The van der Waals surface area contributed by atoms with Crippen LogP contribution >= 0.6 is 0 Å². The molecule has 0 atom stereocenters. The average molecular weight is 178 g/mol. The maximum atomic E-state index is 10.0. The smallest absolute Gasteiger partial charge is 0.211 e. The van der Waals surface area contributed by atoms with Gasteiger partial charge >= 0.3 is 0 Å². The molecule has 0 unspecified atom stereocenters. The minimum Gasteiger partial charge on any atom is -0.326 e. The van der Waals surface area contributed by atoms with Gasteiger partial charge in [-0.05, 0) is 39.1 Å². The summed E-state index contributed by atoms with van der Waals surface area (Å²) < 4.78 is 0. The van der Waals surface area contributed by atoms with Crippen molar-refractivity contribution in [2.45, 2.75) is 20.8 Å². The first-order valence-electron chi connectivity index (χ1n) is 3.89. The Labute approximate surface area is 78.6 Å². The largest absolute Gasteiger partial charge is 0.326 e. The Balaban J connectivity index is 4.68. The van der Waals surface area contributed by atoms with Crippen LogP contribution in [0.3, 0.4) is 0 Å². The minimum atomic E-state index is 0.619. The van der Waals surface area contributed by atoms with Crippen molar-refractivity contribution in [2.24, 2.45) is 4.99 Å². The van der Waals surface area contributed by atoms with Crippen LogP contribution in [0, 0.1) is 0 Å². The second-order valence-electron chi connectivity index (χ2n) is 2.60. The van der Waals surface area contributed by atoms with Crippen LogP contribution in [-0.4, -0.2) is 13.1 Å². The number of hydrogen-bond donors (Lipinski definition) is 1. The van der Waals surface area contributed by atoms with Crippen molar-refractivity contribution in [2.75, 3.05) is 0 Å². The van der Waals surface area contributed by atoms with Gasteiger partial charge < -0.3 is 5.32 Å². The molecule has 0 spiro atoms. The van der Waals surface area contributed by atoms with E-state index in [9.17, 15) is 4.79 Å². The molecule has 3 heteroatoms. The molecule has 0 rings (SSSR count). The van der Waals surface area contributed by atoms with Gasteiger partial charge in [0.1, 0.15) is 0 Å². The summed E-state index contributed by atoms with van der Waals surface area (Å²) in [4.78, 5) is 13.8. The van der Waals surface area contributed by atoms with Crippen molar-refractivity contribution in [1.82, 2.24) is 5.32 Å². The first-order chi connectivity index (χ1) is 6.11. The standard InChI is InChI=1S/C10H14N2O/c1-8(10(3)11-4)5-6-9(2)12-7-13/h5,7H,4H2,1-3H3,(H,12,13)/b10-8+. The fourth-order valence-corrected chi connectivity index (χ4v) is 0.576. The lowest BCUT2D eigenvalue weighted by Crippen LogP contribution is -2.05. The number of rotatable bonds is 4. The average Bonchev–Trinajstić information content (AvgIpc) is 2.13. The third-order valence-corrected chi connectivity index (χ3v) is 1.59. The van der Waals surface area contributed by atoms with E-state index in [4.69, 9.17) is 0 Å². The van der Waals surface area contributed by atoms with Gasteiger partial charge in [-0.25, -0.2) is 0 Å². The van der Waals surface area contributed by atoms with Crippen molar-refractivity contribution >= 4 is 13.1 Å². The summed E-state index contributed by atoms with van der Waals surface area (Å²) in [5, 5.41) is 2.48. The first kappa shape index (κ1) is 11.4. The van der Waals surface area contributed by atoms with Crippen LogP contribution in [0.2, 0.25) is 0 Å². The first-order valence-corrected chi connectivity index (χ1v) is 3.89. The maximum Gasteiger partial charge on any atom is 0.211 e. The molecule has 0 bridgehead atoms. The van der Waals surface area contributed by atoms with E-state index in [0.717, 1.165) is 11.3 Å². The van der Waals surface area contributed by atoms with E-state index in [0.29, 0.717) is 12.1 Å². The van der Waals surface area contributed by atoms with Crippen molar-refractivity contribution in [3.8, 4) is 0 Å². The van der Waals surface area contributed by atoms with Gasteiger partial charge in [0.2, 0.25) is 6.41 Å². The highest BCUT2D eigenvalue weighted by Crippen LogP contribution is 2.04. The topological polar surface area (TPSA) is 41.5 Å². The molecule has 0 aromatic rings.